The molecule has 4 rings (SSSR count). The second kappa shape index (κ2) is 6.55. The van der Waals surface area contributed by atoms with Crippen molar-refractivity contribution in [3.63, 3.8) is 0 Å². The van der Waals surface area contributed by atoms with E-state index in [1.807, 2.05) is 0 Å². The van der Waals surface area contributed by atoms with Crippen LogP contribution in [0.25, 0.3) is 0 Å². The van der Waals surface area contributed by atoms with Gasteiger partial charge >= 0.3 is 5.97 Å². The zero-order valence-electron chi connectivity index (χ0n) is 14.7. The fraction of sp³-hybridized carbons (Fsp3) is 0.409. The number of nitrogens with one attached hydrogen (secondary N) is 1. The summed E-state index contributed by atoms with van der Waals surface area (Å²) in [5, 5.41) is 12.6. The van der Waals surface area contributed by atoms with Crippen molar-refractivity contribution in [1.82, 2.24) is 0 Å². The van der Waals surface area contributed by atoms with Gasteiger partial charge in [-0.1, -0.05) is 48.4 Å². The van der Waals surface area contributed by atoms with Crippen LogP contribution >= 0.6 is 0 Å². The van der Waals surface area contributed by atoms with Gasteiger partial charge in [0.05, 0.1) is 6.04 Å². The molecule has 0 spiro atoms. The van der Waals surface area contributed by atoms with E-state index in [9.17, 15) is 4.79 Å². The second-order valence-electron chi connectivity index (χ2n) is 7.55. The standard InChI is InChI=1S/C22H25NO2/c1-14-5-11-20-19(13-14)17-3-2-4-18(17)22(23-20)16-9-6-15(7-10-16)8-12-21(24)25/h5-7,9-11,13,17-18,22-23H,2-4,8,12H2,1H3,(H,24,25)/t17-,18+,22-/m1/s1. The van der Waals surface area contributed by atoms with Gasteiger partial charge in [0.2, 0.25) is 0 Å². The van der Waals surface area contributed by atoms with Gasteiger partial charge in [0.25, 0.3) is 0 Å². The Morgan fingerprint density at radius 1 is 1.16 bits per heavy atom. The monoisotopic (exact) mass is 335 g/mol. The highest BCUT2D eigenvalue weighted by Gasteiger charge is 2.40. The Morgan fingerprint density at radius 3 is 2.72 bits per heavy atom. The number of hydrogen-bond donors (Lipinski definition) is 2. The van der Waals surface area contributed by atoms with Crippen molar-refractivity contribution >= 4 is 11.7 Å². The molecule has 2 aromatic carbocycles. The molecule has 1 fully saturated rings. The van der Waals surface area contributed by atoms with Gasteiger partial charge in [-0.25, -0.2) is 0 Å². The molecule has 1 aliphatic carbocycles. The Hall–Kier alpha value is -2.29. The summed E-state index contributed by atoms with van der Waals surface area (Å²) in [6.45, 7) is 2.17. The topological polar surface area (TPSA) is 49.3 Å². The Balaban J connectivity index is 1.60. The minimum absolute atomic E-state index is 0.193. The molecule has 1 saturated carbocycles. The lowest BCUT2D eigenvalue weighted by Crippen LogP contribution is -2.28. The van der Waals surface area contributed by atoms with Crippen LogP contribution in [-0.4, -0.2) is 11.1 Å². The molecule has 130 valence electrons. The lowest BCUT2D eigenvalue weighted by Gasteiger charge is -2.38. The zero-order chi connectivity index (χ0) is 17.4. The molecule has 0 unspecified atom stereocenters. The highest BCUT2D eigenvalue weighted by molar-refractivity contribution is 5.67. The molecule has 2 aromatic rings. The van der Waals surface area contributed by atoms with Crippen molar-refractivity contribution < 1.29 is 9.90 Å². The van der Waals surface area contributed by atoms with E-state index in [4.69, 9.17) is 5.11 Å². The average molecular weight is 335 g/mol. The number of anilines is 1. The number of carboxylic acids is 1. The number of aliphatic carboxylic acids is 1. The quantitative estimate of drug-likeness (QED) is 0.821. The van der Waals surface area contributed by atoms with Gasteiger partial charge in [-0.15, -0.1) is 0 Å². The number of carbonyl (C=O) groups is 1. The molecule has 0 radical (unpaired) electrons. The van der Waals surface area contributed by atoms with Crippen LogP contribution in [0, 0.1) is 12.8 Å². The van der Waals surface area contributed by atoms with Gasteiger partial charge in [-0.05, 0) is 60.8 Å². The van der Waals surface area contributed by atoms with Crippen molar-refractivity contribution in [3.8, 4) is 0 Å². The molecule has 3 atom stereocenters. The zero-order valence-corrected chi connectivity index (χ0v) is 14.7. The Morgan fingerprint density at radius 2 is 1.96 bits per heavy atom. The van der Waals surface area contributed by atoms with E-state index < -0.39 is 5.97 Å². The molecule has 3 nitrogen and oxygen atoms in total. The Labute approximate surface area is 149 Å². The molecule has 2 aliphatic rings. The molecule has 0 saturated heterocycles. The summed E-state index contributed by atoms with van der Waals surface area (Å²) < 4.78 is 0. The number of fused-ring (bicyclic) bond motifs is 3. The number of rotatable bonds is 4. The first-order valence-electron chi connectivity index (χ1n) is 9.29. The van der Waals surface area contributed by atoms with E-state index in [1.54, 1.807) is 0 Å². The third kappa shape index (κ3) is 3.15. The van der Waals surface area contributed by atoms with Crippen molar-refractivity contribution in [2.24, 2.45) is 5.92 Å². The summed E-state index contributed by atoms with van der Waals surface area (Å²) >= 11 is 0. The predicted molar refractivity (Wildman–Crippen MR) is 100 cm³/mol. The van der Waals surface area contributed by atoms with Crippen LogP contribution in [-0.2, 0) is 11.2 Å². The maximum atomic E-state index is 10.7. The summed E-state index contributed by atoms with van der Waals surface area (Å²) in [4.78, 5) is 10.7. The van der Waals surface area contributed by atoms with E-state index in [-0.39, 0.29) is 6.42 Å². The molecule has 0 bridgehead atoms. The van der Waals surface area contributed by atoms with E-state index in [0.717, 1.165) is 5.56 Å². The first-order chi connectivity index (χ1) is 12.1. The SMILES string of the molecule is Cc1ccc2c(c1)[C@@H]1CCC[C@@H]1[C@@H](c1ccc(CCC(=O)O)cc1)N2. The fourth-order valence-corrected chi connectivity index (χ4v) is 4.64. The normalized spacial score (nSPS) is 24.3. The van der Waals surface area contributed by atoms with Crippen LogP contribution in [0.1, 0.15) is 59.9 Å². The first-order valence-corrected chi connectivity index (χ1v) is 9.29. The highest BCUT2D eigenvalue weighted by Crippen LogP contribution is 2.52. The molecule has 3 heteroatoms. The first kappa shape index (κ1) is 16.2. The molecule has 2 N–H and O–H groups in total. The summed E-state index contributed by atoms with van der Waals surface area (Å²) in [5.74, 6) is 0.575. The molecule has 1 heterocycles. The van der Waals surface area contributed by atoms with Gasteiger partial charge in [0, 0.05) is 12.1 Å². The van der Waals surface area contributed by atoms with Gasteiger partial charge in [-0.2, -0.15) is 0 Å². The molecular weight excluding hydrogens is 310 g/mol. The predicted octanol–water partition coefficient (Wildman–Crippen LogP) is 5.06. The molecule has 25 heavy (non-hydrogen) atoms. The smallest absolute Gasteiger partial charge is 0.303 e. The van der Waals surface area contributed by atoms with Gasteiger partial charge < -0.3 is 10.4 Å². The van der Waals surface area contributed by atoms with Gasteiger partial charge in [0.1, 0.15) is 0 Å². The maximum Gasteiger partial charge on any atom is 0.303 e. The highest BCUT2D eigenvalue weighted by atomic mass is 16.4. The third-order valence-corrected chi connectivity index (χ3v) is 5.88. The average Bonchev–Trinajstić information content (AvgIpc) is 3.10. The number of carboxylic acid groups (broad SMARTS) is 1. The molecule has 0 amide bonds. The van der Waals surface area contributed by atoms with Crippen molar-refractivity contribution in [3.05, 3.63) is 64.7 Å². The number of aryl methyl sites for hydroxylation is 2. The van der Waals surface area contributed by atoms with E-state index in [0.29, 0.717) is 24.3 Å². The molecular formula is C22H25NO2. The summed E-state index contributed by atoms with van der Waals surface area (Å²) in [5.41, 5.74) is 6.54. The van der Waals surface area contributed by atoms with Crippen molar-refractivity contribution in [2.75, 3.05) is 5.32 Å². The van der Waals surface area contributed by atoms with E-state index in [1.165, 1.54) is 41.6 Å². The minimum atomic E-state index is -0.737. The lowest BCUT2D eigenvalue weighted by atomic mass is 9.77. The van der Waals surface area contributed by atoms with Crippen LogP contribution in [0.3, 0.4) is 0 Å². The van der Waals surface area contributed by atoms with Gasteiger partial charge in [-0.3, -0.25) is 4.79 Å². The minimum Gasteiger partial charge on any atom is -0.481 e. The van der Waals surface area contributed by atoms with Crippen LogP contribution < -0.4 is 5.32 Å². The Kier molecular flexibility index (Phi) is 4.24. The number of benzene rings is 2. The third-order valence-electron chi connectivity index (χ3n) is 5.88. The largest absolute Gasteiger partial charge is 0.481 e. The summed E-state index contributed by atoms with van der Waals surface area (Å²) in [6.07, 6.45) is 4.66. The summed E-state index contributed by atoms with van der Waals surface area (Å²) in [7, 11) is 0. The van der Waals surface area contributed by atoms with Crippen molar-refractivity contribution in [1.29, 1.82) is 0 Å². The maximum absolute atomic E-state index is 10.7. The second-order valence-corrected chi connectivity index (χ2v) is 7.55. The lowest BCUT2D eigenvalue weighted by molar-refractivity contribution is -0.136. The van der Waals surface area contributed by atoms with Crippen molar-refractivity contribution in [2.45, 2.75) is 51.0 Å². The number of hydrogen-bond acceptors (Lipinski definition) is 2. The van der Waals surface area contributed by atoms with E-state index >= 15 is 0 Å². The van der Waals surface area contributed by atoms with Crippen LogP contribution in [0.2, 0.25) is 0 Å². The van der Waals surface area contributed by atoms with Crippen LogP contribution in [0.5, 0.6) is 0 Å². The molecule has 0 aromatic heterocycles. The van der Waals surface area contributed by atoms with Crippen LogP contribution in [0.15, 0.2) is 42.5 Å². The summed E-state index contributed by atoms with van der Waals surface area (Å²) in [6, 6.07) is 15.7. The van der Waals surface area contributed by atoms with Gasteiger partial charge in [0.15, 0.2) is 0 Å². The Bertz CT molecular complexity index is 781. The van der Waals surface area contributed by atoms with E-state index in [2.05, 4.69) is 54.7 Å². The molecule has 1 aliphatic heterocycles. The fourth-order valence-electron chi connectivity index (χ4n) is 4.64. The van der Waals surface area contributed by atoms with Crippen LogP contribution in [0.4, 0.5) is 5.69 Å².